The van der Waals surface area contributed by atoms with Crippen LogP contribution in [0, 0.1) is 5.92 Å². The molecule has 1 atom stereocenters. The highest BCUT2D eigenvalue weighted by Gasteiger charge is 2.37. The third-order valence-corrected chi connectivity index (χ3v) is 6.83. The molecule has 1 saturated carbocycles. The van der Waals surface area contributed by atoms with E-state index < -0.39 is 10.0 Å². The van der Waals surface area contributed by atoms with E-state index in [1.54, 1.807) is 4.31 Å². The predicted molar refractivity (Wildman–Crippen MR) is 64.6 cm³/mol. The Balaban J connectivity index is 2.03. The van der Waals surface area contributed by atoms with Crippen LogP contribution in [0.3, 0.4) is 0 Å². The van der Waals surface area contributed by atoms with Gasteiger partial charge in [-0.05, 0) is 25.2 Å². The van der Waals surface area contributed by atoms with Crippen LogP contribution >= 0.6 is 15.9 Å². The van der Waals surface area contributed by atoms with E-state index in [0.717, 1.165) is 50.5 Å². The van der Waals surface area contributed by atoms with Gasteiger partial charge in [-0.1, -0.05) is 28.8 Å². The van der Waals surface area contributed by atoms with Crippen LogP contribution < -0.4 is 0 Å². The average Bonchev–Trinajstić information content (AvgIpc) is 2.89. The fraction of sp³-hybridized carbons (Fsp3) is 1.00. The van der Waals surface area contributed by atoms with Gasteiger partial charge in [-0.2, -0.15) is 0 Å². The fourth-order valence-electron chi connectivity index (χ4n) is 2.55. The average molecular weight is 296 g/mol. The summed E-state index contributed by atoms with van der Waals surface area (Å²) in [7, 11) is -2.97. The van der Waals surface area contributed by atoms with E-state index in [9.17, 15) is 8.42 Å². The minimum Gasteiger partial charge on any atom is -0.212 e. The molecule has 0 aromatic rings. The van der Waals surface area contributed by atoms with Crippen LogP contribution in [0.15, 0.2) is 0 Å². The molecule has 1 aliphatic carbocycles. The summed E-state index contributed by atoms with van der Waals surface area (Å²) in [4.78, 5) is 0. The van der Waals surface area contributed by atoms with Gasteiger partial charge in [0.25, 0.3) is 0 Å². The van der Waals surface area contributed by atoms with Crippen molar-refractivity contribution in [1.29, 1.82) is 0 Å². The molecule has 5 heteroatoms. The van der Waals surface area contributed by atoms with Gasteiger partial charge in [-0.15, -0.1) is 0 Å². The Bertz CT molecular complexity index is 311. The SMILES string of the molecule is O=S(=O)(C1CCCC1)N1CCC(CBr)C1. The zero-order valence-corrected chi connectivity index (χ0v) is 11.3. The summed E-state index contributed by atoms with van der Waals surface area (Å²) in [6, 6.07) is 0. The summed E-state index contributed by atoms with van der Waals surface area (Å²) in [6.07, 6.45) is 4.92. The predicted octanol–water partition coefficient (Wildman–Crippen LogP) is 1.98. The molecule has 88 valence electrons. The third-order valence-electron chi connectivity index (χ3n) is 3.55. The molecule has 0 spiro atoms. The molecule has 0 aromatic heterocycles. The van der Waals surface area contributed by atoms with Crippen molar-refractivity contribution in [3.05, 3.63) is 0 Å². The van der Waals surface area contributed by atoms with Crippen LogP contribution in [-0.2, 0) is 10.0 Å². The number of rotatable bonds is 3. The summed E-state index contributed by atoms with van der Waals surface area (Å²) >= 11 is 3.43. The van der Waals surface area contributed by atoms with Crippen molar-refractivity contribution in [3.8, 4) is 0 Å². The molecule has 0 aromatic carbocycles. The first-order valence-electron chi connectivity index (χ1n) is 5.69. The molecule has 0 N–H and O–H groups in total. The Morgan fingerprint density at radius 3 is 2.40 bits per heavy atom. The molecule has 0 amide bonds. The Hall–Kier alpha value is 0.390. The third kappa shape index (κ3) is 2.39. The first-order chi connectivity index (χ1) is 7.14. The number of sulfonamides is 1. The Morgan fingerprint density at radius 1 is 1.20 bits per heavy atom. The van der Waals surface area contributed by atoms with Gasteiger partial charge in [-0.3, -0.25) is 0 Å². The number of halogens is 1. The lowest BCUT2D eigenvalue weighted by atomic mass is 10.2. The standard InChI is InChI=1S/C10H18BrNO2S/c11-7-9-5-6-12(8-9)15(13,14)10-3-1-2-4-10/h9-10H,1-8H2. The van der Waals surface area contributed by atoms with Crippen molar-refractivity contribution < 1.29 is 8.42 Å². The van der Waals surface area contributed by atoms with Crippen LogP contribution in [-0.4, -0.2) is 36.4 Å². The molecule has 15 heavy (non-hydrogen) atoms. The van der Waals surface area contributed by atoms with Gasteiger partial charge in [0.1, 0.15) is 0 Å². The van der Waals surface area contributed by atoms with Gasteiger partial charge in [0.05, 0.1) is 5.25 Å². The van der Waals surface area contributed by atoms with E-state index in [1.807, 2.05) is 0 Å². The lowest BCUT2D eigenvalue weighted by Gasteiger charge is -2.20. The maximum atomic E-state index is 12.2. The smallest absolute Gasteiger partial charge is 0.212 e. The molecule has 0 bridgehead atoms. The minimum atomic E-state index is -2.97. The molecule has 1 unspecified atom stereocenters. The second-order valence-electron chi connectivity index (χ2n) is 4.62. The second kappa shape index (κ2) is 4.72. The van der Waals surface area contributed by atoms with Crippen LogP contribution in [0.5, 0.6) is 0 Å². The van der Waals surface area contributed by atoms with Crippen molar-refractivity contribution in [1.82, 2.24) is 4.31 Å². The highest BCUT2D eigenvalue weighted by molar-refractivity contribution is 9.09. The van der Waals surface area contributed by atoms with E-state index in [1.165, 1.54) is 0 Å². The van der Waals surface area contributed by atoms with E-state index >= 15 is 0 Å². The van der Waals surface area contributed by atoms with Gasteiger partial charge in [0, 0.05) is 18.4 Å². The molecule has 1 saturated heterocycles. The largest absolute Gasteiger partial charge is 0.216 e. The van der Waals surface area contributed by atoms with E-state index in [-0.39, 0.29) is 5.25 Å². The number of hydrogen-bond donors (Lipinski definition) is 0. The Labute approximate surface area is 100 Å². The van der Waals surface area contributed by atoms with Crippen LogP contribution in [0.25, 0.3) is 0 Å². The zero-order valence-electron chi connectivity index (χ0n) is 8.86. The van der Waals surface area contributed by atoms with E-state index in [4.69, 9.17) is 0 Å². The topological polar surface area (TPSA) is 37.4 Å². The van der Waals surface area contributed by atoms with Crippen molar-refractivity contribution in [2.75, 3.05) is 18.4 Å². The fourth-order valence-corrected chi connectivity index (χ4v) is 5.21. The van der Waals surface area contributed by atoms with Crippen molar-refractivity contribution in [3.63, 3.8) is 0 Å². The normalized spacial score (nSPS) is 30.1. The van der Waals surface area contributed by atoms with Gasteiger partial charge in [0.15, 0.2) is 0 Å². The van der Waals surface area contributed by atoms with E-state index in [0.29, 0.717) is 5.92 Å². The number of alkyl halides is 1. The molecular weight excluding hydrogens is 278 g/mol. The van der Waals surface area contributed by atoms with Crippen molar-refractivity contribution in [2.45, 2.75) is 37.4 Å². The monoisotopic (exact) mass is 295 g/mol. The summed E-state index contributed by atoms with van der Waals surface area (Å²) < 4.78 is 26.1. The van der Waals surface area contributed by atoms with Gasteiger partial charge in [0.2, 0.25) is 10.0 Å². The summed E-state index contributed by atoms with van der Waals surface area (Å²) in [5.74, 6) is 0.515. The maximum Gasteiger partial charge on any atom is 0.216 e. The van der Waals surface area contributed by atoms with Crippen molar-refractivity contribution in [2.24, 2.45) is 5.92 Å². The lowest BCUT2D eigenvalue weighted by molar-refractivity contribution is 0.454. The highest BCUT2D eigenvalue weighted by Crippen LogP contribution is 2.30. The van der Waals surface area contributed by atoms with Crippen LogP contribution in [0.2, 0.25) is 0 Å². The number of nitrogens with zero attached hydrogens (tertiary/aromatic N) is 1. The molecule has 1 heterocycles. The molecule has 2 rings (SSSR count). The van der Waals surface area contributed by atoms with Crippen LogP contribution in [0.4, 0.5) is 0 Å². The number of hydrogen-bond acceptors (Lipinski definition) is 2. The Kier molecular flexibility index (Phi) is 3.73. The molecule has 0 radical (unpaired) electrons. The summed E-state index contributed by atoms with van der Waals surface area (Å²) in [5, 5.41) is 0.843. The zero-order chi connectivity index (χ0) is 10.9. The van der Waals surface area contributed by atoms with Gasteiger partial charge >= 0.3 is 0 Å². The van der Waals surface area contributed by atoms with Gasteiger partial charge < -0.3 is 0 Å². The molecule has 1 aliphatic heterocycles. The van der Waals surface area contributed by atoms with Gasteiger partial charge in [-0.25, -0.2) is 12.7 Å². The van der Waals surface area contributed by atoms with Crippen molar-refractivity contribution >= 4 is 26.0 Å². The maximum absolute atomic E-state index is 12.2. The lowest BCUT2D eigenvalue weighted by Crippen LogP contribution is -2.36. The molecule has 2 aliphatic rings. The van der Waals surface area contributed by atoms with E-state index in [2.05, 4.69) is 15.9 Å². The summed E-state index contributed by atoms with van der Waals surface area (Å²) in [6.45, 7) is 1.46. The minimum absolute atomic E-state index is 0.0772. The first kappa shape index (κ1) is 11.9. The Morgan fingerprint density at radius 2 is 1.87 bits per heavy atom. The quantitative estimate of drug-likeness (QED) is 0.747. The first-order valence-corrected chi connectivity index (χ1v) is 8.32. The summed E-state index contributed by atoms with van der Waals surface area (Å²) in [5.41, 5.74) is 0. The molecule has 2 fully saturated rings. The highest BCUT2D eigenvalue weighted by atomic mass is 79.9. The second-order valence-corrected chi connectivity index (χ2v) is 7.48. The molecular formula is C10H18BrNO2S. The molecule has 3 nitrogen and oxygen atoms in total. The van der Waals surface area contributed by atoms with Crippen LogP contribution in [0.1, 0.15) is 32.1 Å².